The Morgan fingerprint density at radius 1 is 1.10 bits per heavy atom. The number of nitrogens with zero attached hydrogens (tertiary/aromatic N) is 4. The highest BCUT2D eigenvalue weighted by molar-refractivity contribution is 6.30. The molecular weight excluding hydrogens is 524 g/mol. The normalized spacial score (nSPS) is 20.2. The SMILES string of the molecule is C=C/C=C\C(=C)CN1CCN(C(=O)C2=CC(N=C(C)CCCCC(=O)O)C(N=Cc3ccc(Cl)cc3)C=C2)CC1. The number of rotatable bonds is 13. The number of halogens is 1. The van der Waals surface area contributed by atoms with E-state index < -0.39 is 5.97 Å². The standard InChI is InChI=1S/C32H39ClN4O3/c1-4-5-8-24(2)23-36-17-19-37(20-18-36)32(40)27-13-16-29(34-22-26-11-14-28(33)15-12-26)30(21-27)35-25(3)9-6-7-10-31(38)39/h4-5,8,11-16,21-22,29-30H,1-2,6-7,9-10,17-20,23H2,3H3,(H,38,39)/b8-5-,34-22?,35-25?. The minimum atomic E-state index is -0.787. The summed E-state index contributed by atoms with van der Waals surface area (Å²) in [6.45, 7) is 13.4. The van der Waals surface area contributed by atoms with Crippen molar-refractivity contribution < 1.29 is 14.7 Å². The van der Waals surface area contributed by atoms with Gasteiger partial charge in [0.15, 0.2) is 0 Å². The van der Waals surface area contributed by atoms with E-state index in [9.17, 15) is 9.59 Å². The van der Waals surface area contributed by atoms with Gasteiger partial charge in [-0.05, 0) is 55.5 Å². The number of carboxylic acid groups (broad SMARTS) is 1. The van der Waals surface area contributed by atoms with Gasteiger partial charge in [-0.2, -0.15) is 0 Å². The van der Waals surface area contributed by atoms with E-state index >= 15 is 0 Å². The molecule has 212 valence electrons. The minimum Gasteiger partial charge on any atom is -0.481 e. The highest BCUT2D eigenvalue weighted by Crippen LogP contribution is 2.21. The largest absolute Gasteiger partial charge is 0.481 e. The van der Waals surface area contributed by atoms with E-state index in [1.54, 1.807) is 12.3 Å². The van der Waals surface area contributed by atoms with Gasteiger partial charge >= 0.3 is 5.97 Å². The number of aliphatic carboxylic acids is 1. The minimum absolute atomic E-state index is 0.000668. The number of benzene rings is 1. The van der Waals surface area contributed by atoms with Crippen LogP contribution in [0.4, 0.5) is 0 Å². The molecule has 1 aromatic carbocycles. The van der Waals surface area contributed by atoms with Crippen LogP contribution in [-0.4, -0.2) is 83.5 Å². The van der Waals surface area contributed by atoms with Gasteiger partial charge in [-0.1, -0.05) is 67.3 Å². The van der Waals surface area contributed by atoms with Crippen LogP contribution in [-0.2, 0) is 9.59 Å². The Morgan fingerprint density at radius 2 is 1.80 bits per heavy atom. The van der Waals surface area contributed by atoms with Crippen molar-refractivity contribution in [2.75, 3.05) is 32.7 Å². The lowest BCUT2D eigenvalue weighted by Gasteiger charge is -2.35. The van der Waals surface area contributed by atoms with E-state index in [0.29, 0.717) is 36.5 Å². The quantitative estimate of drug-likeness (QED) is 0.194. The number of hydrogen-bond donors (Lipinski definition) is 1. The van der Waals surface area contributed by atoms with Crippen molar-refractivity contribution in [3.8, 4) is 0 Å². The first-order chi connectivity index (χ1) is 19.2. The highest BCUT2D eigenvalue weighted by Gasteiger charge is 2.27. The number of hydrogen-bond acceptors (Lipinski definition) is 5. The van der Waals surface area contributed by atoms with Crippen LogP contribution in [0.2, 0.25) is 5.02 Å². The third-order valence-electron chi connectivity index (χ3n) is 6.79. The van der Waals surface area contributed by atoms with Crippen molar-refractivity contribution >= 4 is 35.4 Å². The lowest BCUT2D eigenvalue weighted by atomic mass is 9.97. The number of aliphatic imine (C=N–C) groups is 2. The molecule has 7 nitrogen and oxygen atoms in total. The Morgan fingerprint density at radius 3 is 2.48 bits per heavy atom. The van der Waals surface area contributed by atoms with Crippen LogP contribution < -0.4 is 0 Å². The first-order valence-corrected chi connectivity index (χ1v) is 14.1. The van der Waals surface area contributed by atoms with Crippen LogP contribution in [0, 0.1) is 0 Å². The molecule has 1 aromatic rings. The molecule has 1 fully saturated rings. The molecular formula is C32H39ClN4O3. The van der Waals surface area contributed by atoms with Gasteiger partial charge in [-0.25, -0.2) is 0 Å². The van der Waals surface area contributed by atoms with Crippen molar-refractivity contribution in [3.05, 3.63) is 95.6 Å². The molecule has 3 rings (SSSR count). The molecule has 8 heteroatoms. The fraction of sp³-hybridized carbons (Fsp3) is 0.375. The average Bonchev–Trinajstić information content (AvgIpc) is 2.94. The number of amides is 1. The summed E-state index contributed by atoms with van der Waals surface area (Å²) in [5, 5.41) is 9.56. The summed E-state index contributed by atoms with van der Waals surface area (Å²) in [4.78, 5) is 38.1. The fourth-order valence-electron chi connectivity index (χ4n) is 4.58. The van der Waals surface area contributed by atoms with Gasteiger partial charge in [0, 0.05) is 61.7 Å². The first kappa shape index (κ1) is 31.0. The smallest absolute Gasteiger partial charge is 0.303 e. The molecule has 2 unspecified atom stereocenters. The Balaban J connectivity index is 1.69. The Labute approximate surface area is 242 Å². The summed E-state index contributed by atoms with van der Waals surface area (Å²) >= 11 is 6.01. The molecule has 2 aliphatic rings. The zero-order valence-corrected chi connectivity index (χ0v) is 24.0. The number of carbonyl (C=O) groups is 2. The van der Waals surface area contributed by atoms with Crippen molar-refractivity contribution in [1.82, 2.24) is 9.80 Å². The van der Waals surface area contributed by atoms with Crippen LogP contribution in [0.15, 0.2) is 95.0 Å². The lowest BCUT2D eigenvalue weighted by molar-refractivity contribution is -0.137. The second-order valence-electron chi connectivity index (χ2n) is 10.1. The maximum absolute atomic E-state index is 13.4. The van der Waals surface area contributed by atoms with E-state index in [1.165, 1.54) is 0 Å². The zero-order chi connectivity index (χ0) is 28.9. The Bertz CT molecular complexity index is 1210. The summed E-state index contributed by atoms with van der Waals surface area (Å²) < 4.78 is 0. The van der Waals surface area contributed by atoms with Gasteiger partial charge in [0.2, 0.25) is 0 Å². The number of unbranched alkanes of at least 4 members (excludes halogenated alkanes) is 1. The molecule has 40 heavy (non-hydrogen) atoms. The number of carbonyl (C=O) groups excluding carboxylic acids is 1. The van der Waals surface area contributed by atoms with Crippen LogP contribution >= 0.6 is 11.6 Å². The maximum Gasteiger partial charge on any atom is 0.303 e. The molecule has 1 amide bonds. The number of piperazine rings is 1. The summed E-state index contributed by atoms with van der Waals surface area (Å²) in [6, 6.07) is 6.86. The second kappa shape index (κ2) is 15.9. The molecule has 1 aliphatic carbocycles. The molecule has 1 N–H and O–H groups in total. The third-order valence-corrected chi connectivity index (χ3v) is 7.04. The van der Waals surface area contributed by atoms with Gasteiger partial charge in [-0.3, -0.25) is 24.5 Å². The van der Waals surface area contributed by atoms with E-state index in [0.717, 1.165) is 42.9 Å². The molecule has 1 heterocycles. The van der Waals surface area contributed by atoms with Gasteiger partial charge < -0.3 is 10.0 Å². The Kier molecular flexibility index (Phi) is 12.3. The van der Waals surface area contributed by atoms with Crippen LogP contribution in [0.1, 0.15) is 38.2 Å². The molecule has 0 saturated carbocycles. The van der Waals surface area contributed by atoms with E-state index in [-0.39, 0.29) is 24.4 Å². The molecule has 0 radical (unpaired) electrons. The zero-order valence-electron chi connectivity index (χ0n) is 23.2. The first-order valence-electron chi connectivity index (χ1n) is 13.7. The number of carboxylic acids is 1. The average molecular weight is 563 g/mol. The van der Waals surface area contributed by atoms with E-state index in [4.69, 9.17) is 26.7 Å². The molecule has 0 bridgehead atoms. The van der Waals surface area contributed by atoms with Gasteiger partial charge in [0.05, 0.1) is 12.1 Å². The van der Waals surface area contributed by atoms with Crippen molar-refractivity contribution in [2.24, 2.45) is 9.98 Å². The highest BCUT2D eigenvalue weighted by atomic mass is 35.5. The van der Waals surface area contributed by atoms with Crippen molar-refractivity contribution in [2.45, 2.75) is 44.7 Å². The monoisotopic (exact) mass is 562 g/mol. The maximum atomic E-state index is 13.4. The molecule has 1 saturated heterocycles. The molecule has 2 atom stereocenters. The second-order valence-corrected chi connectivity index (χ2v) is 10.5. The summed E-state index contributed by atoms with van der Waals surface area (Å²) in [6.07, 6.45) is 15.3. The van der Waals surface area contributed by atoms with Crippen LogP contribution in [0.25, 0.3) is 0 Å². The van der Waals surface area contributed by atoms with Gasteiger partial charge in [-0.15, -0.1) is 0 Å². The topological polar surface area (TPSA) is 85.6 Å². The molecule has 0 aromatic heterocycles. The van der Waals surface area contributed by atoms with Gasteiger partial charge in [0.25, 0.3) is 5.91 Å². The summed E-state index contributed by atoms with van der Waals surface area (Å²) in [5.41, 5.74) is 3.48. The third kappa shape index (κ3) is 10.2. The fourth-order valence-corrected chi connectivity index (χ4v) is 4.71. The lowest BCUT2D eigenvalue weighted by Crippen LogP contribution is -2.49. The van der Waals surface area contributed by atoms with E-state index in [2.05, 4.69) is 18.1 Å². The van der Waals surface area contributed by atoms with Crippen LogP contribution in [0.3, 0.4) is 0 Å². The van der Waals surface area contributed by atoms with Crippen molar-refractivity contribution in [3.63, 3.8) is 0 Å². The predicted molar refractivity (Wildman–Crippen MR) is 165 cm³/mol. The van der Waals surface area contributed by atoms with E-state index in [1.807, 2.05) is 66.5 Å². The van der Waals surface area contributed by atoms with Gasteiger partial charge in [0.1, 0.15) is 0 Å². The summed E-state index contributed by atoms with van der Waals surface area (Å²) in [7, 11) is 0. The molecule has 1 aliphatic heterocycles. The van der Waals surface area contributed by atoms with Crippen LogP contribution in [0.5, 0.6) is 0 Å². The Hall–Kier alpha value is -3.55. The number of allylic oxidation sites excluding steroid dienone is 2. The summed E-state index contributed by atoms with van der Waals surface area (Å²) in [5.74, 6) is -0.786. The van der Waals surface area contributed by atoms with Crippen molar-refractivity contribution in [1.29, 1.82) is 0 Å². The molecule has 0 spiro atoms. The predicted octanol–water partition coefficient (Wildman–Crippen LogP) is 5.54.